The Labute approximate surface area is 168 Å². The van der Waals surface area contributed by atoms with Gasteiger partial charge >= 0.3 is 0 Å². The van der Waals surface area contributed by atoms with Gasteiger partial charge in [-0.15, -0.1) is 0 Å². The maximum atomic E-state index is 6.09. The summed E-state index contributed by atoms with van der Waals surface area (Å²) in [5.41, 5.74) is 4.01. The molecular formula is C26H27NO. The lowest BCUT2D eigenvalue weighted by Gasteiger charge is -2.35. The van der Waals surface area contributed by atoms with Crippen LogP contribution in [-0.2, 0) is 24.2 Å². The van der Waals surface area contributed by atoms with Crippen LogP contribution in [0.4, 0.5) is 0 Å². The number of hydrogen-bond donors (Lipinski definition) is 0. The van der Waals surface area contributed by atoms with Crippen molar-refractivity contribution in [2.24, 2.45) is 0 Å². The van der Waals surface area contributed by atoms with Crippen molar-refractivity contribution in [3.63, 3.8) is 0 Å². The Bertz CT molecular complexity index is 819. The summed E-state index contributed by atoms with van der Waals surface area (Å²) >= 11 is 0. The molecule has 0 N–H and O–H groups in total. The van der Waals surface area contributed by atoms with Crippen LogP contribution < -0.4 is 0 Å². The topological polar surface area (TPSA) is 12.5 Å². The standard InChI is InChI=1S/C26H27NO/c1-4-11-22(12-5-1)19-25(26-17-10-18-28-26)27(20-23-13-6-2-7-14-23)21-24-15-8-3-9-16-24/h1-17,25-26H,18-21H2/t25-,26-/m1/s1. The van der Waals surface area contributed by atoms with Crippen molar-refractivity contribution in [2.75, 3.05) is 6.61 Å². The first-order valence-corrected chi connectivity index (χ1v) is 10.0. The first kappa shape index (κ1) is 18.7. The van der Waals surface area contributed by atoms with Crippen LogP contribution in [0, 0.1) is 0 Å². The van der Waals surface area contributed by atoms with Crippen LogP contribution in [0.25, 0.3) is 0 Å². The van der Waals surface area contributed by atoms with E-state index in [1.807, 2.05) is 0 Å². The molecule has 0 aromatic heterocycles. The number of rotatable bonds is 8. The highest BCUT2D eigenvalue weighted by molar-refractivity contribution is 5.21. The highest BCUT2D eigenvalue weighted by Crippen LogP contribution is 2.23. The summed E-state index contributed by atoms with van der Waals surface area (Å²) in [5.74, 6) is 0. The second kappa shape index (κ2) is 9.50. The Kier molecular flexibility index (Phi) is 6.33. The van der Waals surface area contributed by atoms with Gasteiger partial charge in [-0.05, 0) is 23.1 Å². The van der Waals surface area contributed by atoms with E-state index in [0.29, 0.717) is 6.61 Å². The lowest BCUT2D eigenvalue weighted by molar-refractivity contribution is 0.0304. The SMILES string of the molecule is C1=C[C@H]([C@@H](Cc2ccccc2)N(Cc2ccccc2)Cc2ccccc2)OC1. The Morgan fingerprint density at radius 3 is 1.68 bits per heavy atom. The molecule has 2 nitrogen and oxygen atoms in total. The van der Waals surface area contributed by atoms with Crippen molar-refractivity contribution in [3.05, 3.63) is 120 Å². The number of ether oxygens (including phenoxy) is 1. The Hall–Kier alpha value is -2.68. The molecule has 0 unspecified atom stereocenters. The molecule has 28 heavy (non-hydrogen) atoms. The van der Waals surface area contributed by atoms with Crippen LogP contribution in [0.5, 0.6) is 0 Å². The zero-order valence-electron chi connectivity index (χ0n) is 16.2. The quantitative estimate of drug-likeness (QED) is 0.503. The molecule has 0 spiro atoms. The van der Waals surface area contributed by atoms with E-state index in [9.17, 15) is 0 Å². The van der Waals surface area contributed by atoms with Crippen LogP contribution in [0.15, 0.2) is 103 Å². The van der Waals surface area contributed by atoms with E-state index in [4.69, 9.17) is 4.74 Å². The molecule has 4 rings (SSSR count). The maximum Gasteiger partial charge on any atom is 0.0919 e. The van der Waals surface area contributed by atoms with Crippen LogP contribution in [0.1, 0.15) is 16.7 Å². The zero-order chi connectivity index (χ0) is 19.0. The molecule has 0 aliphatic carbocycles. The van der Waals surface area contributed by atoms with Gasteiger partial charge in [-0.1, -0.05) is 103 Å². The monoisotopic (exact) mass is 369 g/mol. The molecular weight excluding hydrogens is 342 g/mol. The zero-order valence-corrected chi connectivity index (χ0v) is 16.2. The predicted molar refractivity (Wildman–Crippen MR) is 115 cm³/mol. The van der Waals surface area contributed by atoms with Gasteiger partial charge in [-0.2, -0.15) is 0 Å². The molecule has 0 saturated heterocycles. The molecule has 0 amide bonds. The molecule has 3 aromatic carbocycles. The van der Waals surface area contributed by atoms with Gasteiger partial charge in [0.15, 0.2) is 0 Å². The van der Waals surface area contributed by atoms with Gasteiger partial charge in [0.2, 0.25) is 0 Å². The first-order valence-electron chi connectivity index (χ1n) is 10.0. The lowest BCUT2D eigenvalue weighted by Crippen LogP contribution is -2.44. The van der Waals surface area contributed by atoms with Crippen LogP contribution in [0.2, 0.25) is 0 Å². The molecule has 0 saturated carbocycles. The van der Waals surface area contributed by atoms with Gasteiger partial charge in [0.25, 0.3) is 0 Å². The van der Waals surface area contributed by atoms with E-state index in [0.717, 1.165) is 19.5 Å². The normalized spacial score (nSPS) is 17.1. The molecule has 1 aliphatic heterocycles. The average Bonchev–Trinajstić information content (AvgIpc) is 3.28. The van der Waals surface area contributed by atoms with Crippen molar-refractivity contribution < 1.29 is 4.74 Å². The first-order chi connectivity index (χ1) is 13.9. The minimum Gasteiger partial charge on any atom is -0.368 e. The van der Waals surface area contributed by atoms with Crippen LogP contribution in [0.3, 0.4) is 0 Å². The number of nitrogens with zero attached hydrogens (tertiary/aromatic N) is 1. The highest BCUT2D eigenvalue weighted by atomic mass is 16.5. The van der Waals surface area contributed by atoms with Crippen molar-refractivity contribution >= 4 is 0 Å². The molecule has 0 radical (unpaired) electrons. The molecule has 2 heteroatoms. The second-order valence-corrected chi connectivity index (χ2v) is 7.36. The Balaban J connectivity index is 1.63. The number of hydrogen-bond acceptors (Lipinski definition) is 2. The summed E-state index contributed by atoms with van der Waals surface area (Å²) in [4.78, 5) is 2.57. The maximum absolute atomic E-state index is 6.09. The summed E-state index contributed by atoms with van der Waals surface area (Å²) in [7, 11) is 0. The average molecular weight is 370 g/mol. The predicted octanol–water partition coefficient (Wildman–Crippen LogP) is 5.26. The molecule has 142 valence electrons. The van der Waals surface area contributed by atoms with Gasteiger partial charge in [0.1, 0.15) is 0 Å². The van der Waals surface area contributed by atoms with Crippen molar-refractivity contribution in [3.8, 4) is 0 Å². The van der Waals surface area contributed by atoms with Gasteiger partial charge in [0.05, 0.1) is 12.7 Å². The van der Waals surface area contributed by atoms with E-state index in [-0.39, 0.29) is 12.1 Å². The van der Waals surface area contributed by atoms with Crippen molar-refractivity contribution in [1.29, 1.82) is 0 Å². The Morgan fingerprint density at radius 2 is 1.21 bits per heavy atom. The molecule has 3 aromatic rings. The third-order valence-corrected chi connectivity index (χ3v) is 5.30. The van der Waals surface area contributed by atoms with Crippen LogP contribution >= 0.6 is 0 Å². The van der Waals surface area contributed by atoms with Gasteiger partial charge in [0, 0.05) is 19.1 Å². The smallest absolute Gasteiger partial charge is 0.0919 e. The Morgan fingerprint density at radius 1 is 0.714 bits per heavy atom. The fourth-order valence-corrected chi connectivity index (χ4v) is 3.89. The van der Waals surface area contributed by atoms with E-state index in [1.54, 1.807) is 0 Å². The molecule has 0 fully saturated rings. The fourth-order valence-electron chi connectivity index (χ4n) is 3.89. The third-order valence-electron chi connectivity index (χ3n) is 5.30. The van der Waals surface area contributed by atoms with E-state index < -0.39 is 0 Å². The number of benzene rings is 3. The molecule has 0 bridgehead atoms. The van der Waals surface area contributed by atoms with E-state index in [2.05, 4.69) is 108 Å². The minimum absolute atomic E-state index is 0.118. The van der Waals surface area contributed by atoms with E-state index >= 15 is 0 Å². The molecule has 1 heterocycles. The van der Waals surface area contributed by atoms with Gasteiger partial charge in [-0.3, -0.25) is 4.90 Å². The molecule has 1 aliphatic rings. The highest BCUT2D eigenvalue weighted by Gasteiger charge is 2.29. The molecule has 2 atom stereocenters. The van der Waals surface area contributed by atoms with Crippen LogP contribution in [-0.4, -0.2) is 23.7 Å². The summed E-state index contributed by atoms with van der Waals surface area (Å²) in [6, 6.07) is 32.5. The van der Waals surface area contributed by atoms with Crippen molar-refractivity contribution in [1.82, 2.24) is 4.90 Å². The fraction of sp³-hybridized carbons (Fsp3) is 0.231. The second-order valence-electron chi connectivity index (χ2n) is 7.36. The minimum atomic E-state index is 0.118. The summed E-state index contributed by atoms with van der Waals surface area (Å²) in [5, 5.41) is 0. The third kappa shape index (κ3) is 4.98. The van der Waals surface area contributed by atoms with Gasteiger partial charge in [-0.25, -0.2) is 0 Å². The lowest BCUT2D eigenvalue weighted by atomic mass is 9.98. The van der Waals surface area contributed by atoms with Gasteiger partial charge < -0.3 is 4.74 Å². The van der Waals surface area contributed by atoms with E-state index in [1.165, 1.54) is 16.7 Å². The van der Waals surface area contributed by atoms with Crippen molar-refractivity contribution in [2.45, 2.75) is 31.7 Å². The largest absolute Gasteiger partial charge is 0.368 e. The summed E-state index contributed by atoms with van der Waals surface area (Å²) < 4.78 is 6.09. The summed E-state index contributed by atoms with van der Waals surface area (Å²) in [6.07, 6.45) is 5.46. The summed E-state index contributed by atoms with van der Waals surface area (Å²) in [6.45, 7) is 2.52.